The summed E-state index contributed by atoms with van der Waals surface area (Å²) in [5.41, 5.74) is -1.14. The van der Waals surface area contributed by atoms with Crippen LogP contribution in [0.2, 0.25) is 5.02 Å². The Bertz CT molecular complexity index is 496. The number of hydrogen-bond acceptors (Lipinski definition) is 3. The normalized spacial score (nSPS) is 12.6. The molecule has 0 aromatic heterocycles. The van der Waals surface area contributed by atoms with E-state index in [1.54, 1.807) is 0 Å². The van der Waals surface area contributed by atoms with E-state index in [4.69, 9.17) is 11.6 Å². The molecular weight excluding hydrogens is 269 g/mol. The van der Waals surface area contributed by atoms with Crippen LogP contribution in [0.3, 0.4) is 0 Å². The quantitative estimate of drug-likeness (QED) is 0.779. The molecule has 0 spiro atoms. The second-order valence-electron chi connectivity index (χ2n) is 2.93. The van der Waals surface area contributed by atoms with Crippen LogP contribution in [-0.4, -0.2) is 14.7 Å². The Labute approximate surface area is 94.9 Å². The molecule has 0 saturated heterocycles. The summed E-state index contributed by atoms with van der Waals surface area (Å²) in [6.07, 6.45) is -3.93. The highest BCUT2D eigenvalue weighted by Gasteiger charge is 2.33. The van der Waals surface area contributed by atoms with E-state index in [9.17, 15) is 21.6 Å². The topological polar surface area (TPSA) is 43.4 Å². The van der Waals surface area contributed by atoms with Gasteiger partial charge in [-0.2, -0.15) is 21.6 Å². The largest absolute Gasteiger partial charge is 0.417 e. The van der Waals surface area contributed by atoms with Crippen molar-refractivity contribution in [2.45, 2.75) is 6.18 Å². The van der Waals surface area contributed by atoms with Crippen molar-refractivity contribution in [2.24, 2.45) is 0 Å². The van der Waals surface area contributed by atoms with Crippen LogP contribution in [-0.2, 0) is 16.3 Å². The third kappa shape index (κ3) is 3.57. The zero-order valence-corrected chi connectivity index (χ0v) is 9.45. The maximum Gasteiger partial charge on any atom is 0.417 e. The lowest BCUT2D eigenvalue weighted by molar-refractivity contribution is -0.137. The van der Waals surface area contributed by atoms with Gasteiger partial charge in [0.15, 0.2) is 0 Å². The molecule has 0 radical (unpaired) electrons. The molecule has 0 bridgehead atoms. The minimum Gasteiger partial charge on any atom is -0.383 e. The highest BCUT2D eigenvalue weighted by Crippen LogP contribution is 2.36. The van der Waals surface area contributed by atoms with Gasteiger partial charge in [-0.3, -0.25) is 0 Å². The number of rotatable bonds is 2. The first kappa shape index (κ1) is 13.1. The molecule has 0 N–H and O–H groups in total. The molecule has 0 heterocycles. The SMILES string of the molecule is CS(=O)(=O)Oc1ccc(Cl)c(C(F)(F)F)c1. The first-order chi connectivity index (χ1) is 7.09. The molecule has 1 aromatic rings. The van der Waals surface area contributed by atoms with Crippen molar-refractivity contribution in [1.82, 2.24) is 0 Å². The second-order valence-corrected chi connectivity index (χ2v) is 4.91. The van der Waals surface area contributed by atoms with Crippen molar-refractivity contribution in [3.05, 3.63) is 28.8 Å². The van der Waals surface area contributed by atoms with Gasteiger partial charge in [0.05, 0.1) is 16.8 Å². The average molecular weight is 275 g/mol. The Morgan fingerprint density at radius 2 is 1.88 bits per heavy atom. The van der Waals surface area contributed by atoms with Crippen LogP contribution >= 0.6 is 11.6 Å². The van der Waals surface area contributed by atoms with Crippen molar-refractivity contribution < 1.29 is 25.8 Å². The van der Waals surface area contributed by atoms with Crippen LogP contribution < -0.4 is 4.18 Å². The first-order valence-corrected chi connectivity index (χ1v) is 6.05. The number of halogens is 4. The van der Waals surface area contributed by atoms with E-state index in [2.05, 4.69) is 4.18 Å². The Hall–Kier alpha value is -0.950. The molecule has 0 saturated carbocycles. The lowest BCUT2D eigenvalue weighted by Crippen LogP contribution is -2.09. The third-order valence-electron chi connectivity index (χ3n) is 1.49. The maximum atomic E-state index is 12.4. The van der Waals surface area contributed by atoms with Crippen molar-refractivity contribution >= 4 is 21.7 Å². The summed E-state index contributed by atoms with van der Waals surface area (Å²) in [6, 6.07) is 2.49. The Morgan fingerprint density at radius 3 is 2.31 bits per heavy atom. The van der Waals surface area contributed by atoms with Crippen molar-refractivity contribution in [3.8, 4) is 5.75 Å². The molecule has 0 unspecified atom stereocenters. The lowest BCUT2D eigenvalue weighted by Gasteiger charge is -2.10. The molecule has 1 rings (SSSR count). The predicted molar refractivity (Wildman–Crippen MR) is 51.9 cm³/mol. The van der Waals surface area contributed by atoms with Crippen LogP contribution in [0.1, 0.15) is 5.56 Å². The fraction of sp³-hybridized carbons (Fsp3) is 0.250. The summed E-state index contributed by atoms with van der Waals surface area (Å²) in [6.45, 7) is 0. The van der Waals surface area contributed by atoms with Crippen LogP contribution in [0.25, 0.3) is 0 Å². The van der Waals surface area contributed by atoms with E-state index >= 15 is 0 Å². The van der Waals surface area contributed by atoms with E-state index in [0.717, 1.165) is 18.4 Å². The van der Waals surface area contributed by atoms with E-state index in [0.29, 0.717) is 6.07 Å². The van der Waals surface area contributed by atoms with Crippen LogP contribution in [0.4, 0.5) is 13.2 Å². The lowest BCUT2D eigenvalue weighted by atomic mass is 10.2. The van der Waals surface area contributed by atoms with Gasteiger partial charge in [-0.1, -0.05) is 11.6 Å². The van der Waals surface area contributed by atoms with Gasteiger partial charge in [0.1, 0.15) is 5.75 Å². The van der Waals surface area contributed by atoms with Gasteiger partial charge in [-0.05, 0) is 18.2 Å². The zero-order chi connectivity index (χ0) is 12.6. The number of alkyl halides is 3. The highest BCUT2D eigenvalue weighted by atomic mass is 35.5. The summed E-state index contributed by atoms with van der Waals surface area (Å²) in [5, 5.41) is -0.520. The zero-order valence-electron chi connectivity index (χ0n) is 7.88. The van der Waals surface area contributed by atoms with Crippen LogP contribution in [0, 0.1) is 0 Å². The van der Waals surface area contributed by atoms with Crippen LogP contribution in [0.15, 0.2) is 18.2 Å². The fourth-order valence-electron chi connectivity index (χ4n) is 0.948. The van der Waals surface area contributed by atoms with Gasteiger partial charge in [0.2, 0.25) is 0 Å². The molecule has 0 aliphatic rings. The average Bonchev–Trinajstić information content (AvgIpc) is 2.04. The molecule has 0 aliphatic heterocycles. The van der Waals surface area contributed by atoms with E-state index in [1.165, 1.54) is 0 Å². The summed E-state index contributed by atoms with van der Waals surface area (Å²) >= 11 is 5.33. The number of benzene rings is 1. The maximum absolute atomic E-state index is 12.4. The second kappa shape index (κ2) is 4.14. The molecular formula is C8H6ClF3O3S. The van der Waals surface area contributed by atoms with Gasteiger partial charge in [0, 0.05) is 0 Å². The molecule has 0 amide bonds. The van der Waals surface area contributed by atoms with Gasteiger partial charge in [0.25, 0.3) is 0 Å². The van der Waals surface area contributed by atoms with E-state index in [1.807, 2.05) is 0 Å². The minimum atomic E-state index is -4.66. The molecule has 0 atom stereocenters. The van der Waals surface area contributed by atoms with Gasteiger partial charge in [-0.25, -0.2) is 0 Å². The Kier molecular flexibility index (Phi) is 3.39. The Morgan fingerprint density at radius 1 is 1.31 bits per heavy atom. The molecule has 0 aliphatic carbocycles. The highest BCUT2D eigenvalue weighted by molar-refractivity contribution is 7.86. The molecule has 0 fully saturated rings. The molecule has 1 aromatic carbocycles. The summed E-state index contributed by atoms with van der Waals surface area (Å²) in [5.74, 6) is -0.431. The standard InChI is InChI=1S/C8H6ClF3O3S/c1-16(13,14)15-5-2-3-7(9)6(4-5)8(10,11)12/h2-4H,1H3. The summed E-state index contributed by atoms with van der Waals surface area (Å²) in [7, 11) is -3.86. The monoisotopic (exact) mass is 274 g/mol. The van der Waals surface area contributed by atoms with E-state index in [-0.39, 0.29) is 0 Å². The molecule has 90 valence electrons. The molecule has 3 nitrogen and oxygen atoms in total. The van der Waals surface area contributed by atoms with Crippen molar-refractivity contribution in [2.75, 3.05) is 6.26 Å². The molecule has 8 heteroatoms. The summed E-state index contributed by atoms with van der Waals surface area (Å²) < 4.78 is 62.8. The fourth-order valence-corrected chi connectivity index (χ4v) is 1.63. The van der Waals surface area contributed by atoms with Crippen molar-refractivity contribution in [3.63, 3.8) is 0 Å². The minimum absolute atomic E-state index is 0.431. The van der Waals surface area contributed by atoms with Gasteiger partial charge < -0.3 is 4.18 Å². The Balaban J connectivity index is 3.18. The molecule has 16 heavy (non-hydrogen) atoms. The van der Waals surface area contributed by atoms with E-state index < -0.39 is 32.6 Å². The predicted octanol–water partition coefficient (Wildman–Crippen LogP) is 2.70. The first-order valence-electron chi connectivity index (χ1n) is 3.86. The van der Waals surface area contributed by atoms with Crippen LogP contribution in [0.5, 0.6) is 5.75 Å². The smallest absolute Gasteiger partial charge is 0.383 e. The van der Waals surface area contributed by atoms with Gasteiger partial charge in [-0.15, -0.1) is 0 Å². The summed E-state index contributed by atoms with van der Waals surface area (Å²) in [4.78, 5) is 0. The van der Waals surface area contributed by atoms with Gasteiger partial charge >= 0.3 is 16.3 Å². The third-order valence-corrected chi connectivity index (χ3v) is 2.32. The number of hydrogen-bond donors (Lipinski definition) is 0. The van der Waals surface area contributed by atoms with Crippen molar-refractivity contribution in [1.29, 1.82) is 0 Å².